The van der Waals surface area contributed by atoms with Crippen LogP contribution in [0.4, 0.5) is 11.4 Å². The number of aryl methyl sites for hydroxylation is 1. The fourth-order valence-corrected chi connectivity index (χ4v) is 3.09. The number of para-hydroxylation sites is 1. The van der Waals surface area contributed by atoms with E-state index in [1.54, 1.807) is 12.3 Å². The Hall–Kier alpha value is -3.60. The largest absolute Gasteiger partial charge is 0.397 e. The third-order valence-corrected chi connectivity index (χ3v) is 4.47. The van der Waals surface area contributed by atoms with E-state index in [0.29, 0.717) is 22.4 Å². The predicted molar refractivity (Wildman–Crippen MR) is 106 cm³/mol. The molecule has 4 N–H and O–H groups in total. The maximum Gasteiger partial charge on any atom is 0.279 e. The summed E-state index contributed by atoms with van der Waals surface area (Å²) in [6.45, 7) is 1.99. The van der Waals surface area contributed by atoms with Crippen LogP contribution in [0.25, 0.3) is 27.6 Å². The summed E-state index contributed by atoms with van der Waals surface area (Å²) in [7, 11) is 0. The smallest absolute Gasteiger partial charge is 0.279 e. The summed E-state index contributed by atoms with van der Waals surface area (Å²) in [5.74, 6) is 0. The first-order chi connectivity index (χ1) is 12.5. The topological polar surface area (TPSA) is 86.9 Å². The Morgan fingerprint density at radius 3 is 2.54 bits per heavy atom. The summed E-state index contributed by atoms with van der Waals surface area (Å²) < 4.78 is 1.43. The van der Waals surface area contributed by atoms with Gasteiger partial charge in [-0.15, -0.1) is 0 Å². The van der Waals surface area contributed by atoms with Gasteiger partial charge in [-0.05, 0) is 42.8 Å². The van der Waals surface area contributed by atoms with Crippen molar-refractivity contribution in [3.63, 3.8) is 0 Å². The van der Waals surface area contributed by atoms with Crippen molar-refractivity contribution in [2.75, 3.05) is 11.5 Å². The SMILES string of the molecule is Cc1ccc2c(=O)n(-c3ccccc3-c3ccc(N)c(N)c3)ncc2c1. The molecule has 0 saturated carbocycles. The van der Waals surface area contributed by atoms with Gasteiger partial charge in [0.25, 0.3) is 5.56 Å². The van der Waals surface area contributed by atoms with E-state index in [4.69, 9.17) is 11.5 Å². The van der Waals surface area contributed by atoms with Crippen LogP contribution in [0.15, 0.2) is 71.7 Å². The first kappa shape index (κ1) is 15.9. The van der Waals surface area contributed by atoms with Gasteiger partial charge in [0, 0.05) is 10.9 Å². The predicted octanol–water partition coefficient (Wildman–Crippen LogP) is 3.53. The van der Waals surface area contributed by atoms with Crippen molar-refractivity contribution < 1.29 is 0 Å². The zero-order chi connectivity index (χ0) is 18.3. The molecule has 0 aliphatic rings. The Morgan fingerprint density at radius 1 is 0.923 bits per heavy atom. The molecule has 0 atom stereocenters. The third kappa shape index (κ3) is 2.59. The zero-order valence-electron chi connectivity index (χ0n) is 14.3. The third-order valence-electron chi connectivity index (χ3n) is 4.47. The number of nitrogens with two attached hydrogens (primary N) is 2. The summed E-state index contributed by atoms with van der Waals surface area (Å²) in [5.41, 5.74) is 16.2. The van der Waals surface area contributed by atoms with Gasteiger partial charge in [-0.2, -0.15) is 9.78 Å². The number of nitrogen functional groups attached to an aromatic ring is 2. The summed E-state index contributed by atoms with van der Waals surface area (Å²) in [4.78, 5) is 13.0. The molecule has 3 aromatic carbocycles. The second-order valence-corrected chi connectivity index (χ2v) is 6.31. The van der Waals surface area contributed by atoms with Gasteiger partial charge in [-0.25, -0.2) is 0 Å². The van der Waals surface area contributed by atoms with E-state index in [0.717, 1.165) is 22.1 Å². The minimum Gasteiger partial charge on any atom is -0.397 e. The monoisotopic (exact) mass is 342 g/mol. The number of rotatable bonds is 2. The average molecular weight is 342 g/mol. The Labute approximate surface area is 150 Å². The first-order valence-electron chi connectivity index (χ1n) is 8.28. The molecule has 0 bridgehead atoms. The van der Waals surface area contributed by atoms with Gasteiger partial charge in [0.05, 0.1) is 28.6 Å². The van der Waals surface area contributed by atoms with Gasteiger partial charge < -0.3 is 11.5 Å². The molecule has 1 heterocycles. The van der Waals surface area contributed by atoms with Crippen LogP contribution in [0.5, 0.6) is 0 Å². The maximum absolute atomic E-state index is 13.0. The Kier molecular flexibility index (Phi) is 3.69. The lowest BCUT2D eigenvalue weighted by molar-refractivity contribution is 0.822. The van der Waals surface area contributed by atoms with Crippen LogP contribution in [0, 0.1) is 6.92 Å². The number of aromatic nitrogens is 2. The van der Waals surface area contributed by atoms with Crippen LogP contribution < -0.4 is 17.0 Å². The van der Waals surface area contributed by atoms with Crippen LogP contribution in [0.1, 0.15) is 5.56 Å². The minimum absolute atomic E-state index is 0.154. The summed E-state index contributed by atoms with van der Waals surface area (Å²) in [6, 6.07) is 18.8. The first-order valence-corrected chi connectivity index (χ1v) is 8.28. The number of anilines is 2. The van der Waals surface area contributed by atoms with Gasteiger partial charge in [-0.3, -0.25) is 4.79 Å². The Morgan fingerprint density at radius 2 is 1.73 bits per heavy atom. The standard InChI is InChI=1S/C21H18N4O/c1-13-6-8-17-15(10-13)12-24-25(21(17)26)20-5-3-2-4-16(20)14-7-9-18(22)19(23)11-14/h2-12H,22-23H2,1H3. The van der Waals surface area contributed by atoms with Crippen LogP contribution in [-0.4, -0.2) is 9.78 Å². The molecule has 0 aliphatic carbocycles. The van der Waals surface area contributed by atoms with Crippen molar-refractivity contribution in [2.24, 2.45) is 0 Å². The van der Waals surface area contributed by atoms with Gasteiger partial charge >= 0.3 is 0 Å². The fraction of sp³-hybridized carbons (Fsp3) is 0.0476. The fourth-order valence-electron chi connectivity index (χ4n) is 3.09. The van der Waals surface area contributed by atoms with Crippen LogP contribution in [0.3, 0.4) is 0 Å². The van der Waals surface area contributed by atoms with E-state index in [9.17, 15) is 4.79 Å². The second kappa shape index (κ2) is 6.04. The van der Waals surface area contributed by atoms with Crippen molar-refractivity contribution >= 4 is 22.1 Å². The number of hydrogen-bond donors (Lipinski definition) is 2. The summed E-state index contributed by atoms with van der Waals surface area (Å²) >= 11 is 0. The number of nitrogens with zero attached hydrogens (tertiary/aromatic N) is 2. The molecule has 0 saturated heterocycles. The normalized spacial score (nSPS) is 11.0. The zero-order valence-corrected chi connectivity index (χ0v) is 14.3. The molecule has 1 aromatic heterocycles. The van der Waals surface area contributed by atoms with Crippen molar-refractivity contribution in [1.82, 2.24) is 9.78 Å². The highest BCUT2D eigenvalue weighted by Gasteiger charge is 2.12. The molecule has 0 unspecified atom stereocenters. The Bertz CT molecular complexity index is 1190. The highest BCUT2D eigenvalue weighted by molar-refractivity contribution is 5.83. The van der Waals surface area contributed by atoms with Gasteiger partial charge in [0.2, 0.25) is 0 Å². The van der Waals surface area contributed by atoms with Crippen LogP contribution in [-0.2, 0) is 0 Å². The molecule has 26 heavy (non-hydrogen) atoms. The Balaban J connectivity index is 1.96. The molecule has 5 heteroatoms. The van der Waals surface area contributed by atoms with E-state index < -0.39 is 0 Å². The molecule has 0 radical (unpaired) electrons. The van der Waals surface area contributed by atoms with E-state index >= 15 is 0 Å². The molecule has 0 amide bonds. The molecular weight excluding hydrogens is 324 g/mol. The van der Waals surface area contributed by atoms with Crippen LogP contribution in [0.2, 0.25) is 0 Å². The lowest BCUT2D eigenvalue weighted by Gasteiger charge is -2.13. The van der Waals surface area contributed by atoms with Crippen molar-refractivity contribution in [3.05, 3.63) is 82.8 Å². The molecule has 4 rings (SSSR count). The maximum atomic E-state index is 13.0. The number of hydrogen-bond acceptors (Lipinski definition) is 4. The van der Waals surface area contributed by atoms with Crippen molar-refractivity contribution in [2.45, 2.75) is 6.92 Å². The quantitative estimate of drug-likeness (QED) is 0.546. The number of fused-ring (bicyclic) bond motifs is 1. The summed E-state index contributed by atoms with van der Waals surface area (Å²) in [5, 5.41) is 5.86. The van der Waals surface area contributed by atoms with E-state index in [2.05, 4.69) is 5.10 Å². The molecule has 0 aliphatic heterocycles. The van der Waals surface area contributed by atoms with Crippen LogP contribution >= 0.6 is 0 Å². The van der Waals surface area contributed by atoms with Crippen molar-refractivity contribution in [3.8, 4) is 16.8 Å². The lowest BCUT2D eigenvalue weighted by atomic mass is 10.0. The van der Waals surface area contributed by atoms with Gasteiger partial charge in [-0.1, -0.05) is 35.9 Å². The molecular formula is C21H18N4O. The van der Waals surface area contributed by atoms with Crippen molar-refractivity contribution in [1.29, 1.82) is 0 Å². The molecule has 128 valence electrons. The van der Waals surface area contributed by atoms with E-state index in [-0.39, 0.29) is 5.56 Å². The molecule has 0 spiro atoms. The molecule has 5 nitrogen and oxygen atoms in total. The molecule has 0 fully saturated rings. The minimum atomic E-state index is -0.154. The molecule has 4 aromatic rings. The van der Waals surface area contributed by atoms with E-state index in [1.807, 2.05) is 61.5 Å². The van der Waals surface area contributed by atoms with Gasteiger partial charge in [0.15, 0.2) is 0 Å². The lowest BCUT2D eigenvalue weighted by Crippen LogP contribution is -2.21. The summed E-state index contributed by atoms with van der Waals surface area (Å²) in [6.07, 6.45) is 1.72. The second-order valence-electron chi connectivity index (χ2n) is 6.31. The van der Waals surface area contributed by atoms with E-state index in [1.165, 1.54) is 4.68 Å². The van der Waals surface area contributed by atoms with Gasteiger partial charge in [0.1, 0.15) is 0 Å². The highest BCUT2D eigenvalue weighted by atomic mass is 16.1. The highest BCUT2D eigenvalue weighted by Crippen LogP contribution is 2.29. The average Bonchev–Trinajstić information content (AvgIpc) is 2.64. The number of benzene rings is 3.